The highest BCUT2D eigenvalue weighted by atomic mass is 79.9. The Kier molecular flexibility index (Phi) is 5.51. The number of halogens is 1. The molecule has 0 aliphatic carbocycles. The Bertz CT molecular complexity index is 400. The lowest BCUT2D eigenvalue weighted by atomic mass is 10.1. The molecule has 0 fully saturated rings. The van der Waals surface area contributed by atoms with Crippen molar-refractivity contribution >= 4 is 22.0 Å². The molecule has 1 unspecified atom stereocenters. The van der Waals surface area contributed by atoms with Crippen molar-refractivity contribution in [3.05, 3.63) is 28.2 Å². The highest BCUT2D eigenvalue weighted by molar-refractivity contribution is 9.10. The molecule has 1 aromatic carbocycles. The Morgan fingerprint density at radius 1 is 1.47 bits per heavy atom. The fraction of sp³-hybridized carbons (Fsp3) is 0.385. The Morgan fingerprint density at radius 3 is 2.71 bits per heavy atom. The van der Waals surface area contributed by atoms with Crippen LogP contribution in [0.5, 0.6) is 11.5 Å². The van der Waals surface area contributed by atoms with Crippen LogP contribution in [0.25, 0.3) is 6.08 Å². The Hall–Kier alpha value is -1.00. The third kappa shape index (κ3) is 4.06. The number of hydrogen-bond donors (Lipinski definition) is 1. The maximum atomic E-state index is 9.19. The summed E-state index contributed by atoms with van der Waals surface area (Å²) in [6, 6.07) is 3.79. The Balaban J connectivity index is 3.08. The summed E-state index contributed by atoms with van der Waals surface area (Å²) < 4.78 is 11.6. The lowest BCUT2D eigenvalue weighted by molar-refractivity contribution is 0.245. The summed E-state index contributed by atoms with van der Waals surface area (Å²) in [5.41, 5.74) is 0.943. The van der Waals surface area contributed by atoms with E-state index >= 15 is 0 Å². The number of hydrogen-bond acceptors (Lipinski definition) is 3. The minimum absolute atomic E-state index is 0.466. The average molecular weight is 301 g/mol. The van der Waals surface area contributed by atoms with Gasteiger partial charge in [-0.15, -0.1) is 0 Å². The summed E-state index contributed by atoms with van der Waals surface area (Å²) in [6.07, 6.45) is 3.08. The second-order valence-electron chi connectivity index (χ2n) is 3.57. The number of rotatable bonds is 5. The molecule has 0 amide bonds. The van der Waals surface area contributed by atoms with E-state index in [1.165, 1.54) is 0 Å². The molecule has 94 valence electrons. The predicted octanol–water partition coefficient (Wildman–Crippen LogP) is 3.25. The van der Waals surface area contributed by atoms with Gasteiger partial charge in [-0.05, 0) is 47.5 Å². The number of benzene rings is 1. The van der Waals surface area contributed by atoms with Gasteiger partial charge in [-0.2, -0.15) is 0 Å². The van der Waals surface area contributed by atoms with Crippen LogP contribution in [0, 0.1) is 0 Å². The van der Waals surface area contributed by atoms with Crippen LogP contribution in [-0.4, -0.2) is 24.9 Å². The summed E-state index contributed by atoms with van der Waals surface area (Å²) in [7, 11) is 1.60. The first kappa shape index (κ1) is 14.1. The van der Waals surface area contributed by atoms with E-state index < -0.39 is 6.10 Å². The van der Waals surface area contributed by atoms with Crippen molar-refractivity contribution in [3.63, 3.8) is 0 Å². The SMILES string of the molecule is CCOc1c(Br)cc(/C=C/C(C)O)cc1OC. The van der Waals surface area contributed by atoms with Gasteiger partial charge in [0.15, 0.2) is 11.5 Å². The molecule has 4 heteroatoms. The molecular weight excluding hydrogens is 284 g/mol. The van der Waals surface area contributed by atoms with Crippen LogP contribution < -0.4 is 9.47 Å². The van der Waals surface area contributed by atoms with Crippen molar-refractivity contribution in [1.29, 1.82) is 0 Å². The van der Waals surface area contributed by atoms with Crippen LogP contribution in [0.15, 0.2) is 22.7 Å². The molecule has 1 N–H and O–H groups in total. The maximum Gasteiger partial charge on any atom is 0.175 e. The van der Waals surface area contributed by atoms with Gasteiger partial charge in [0, 0.05) is 0 Å². The zero-order valence-electron chi connectivity index (χ0n) is 10.2. The molecule has 0 heterocycles. The number of aliphatic hydroxyl groups excluding tert-OH is 1. The molecule has 1 rings (SSSR count). The normalized spacial score (nSPS) is 12.8. The second-order valence-corrected chi connectivity index (χ2v) is 4.42. The minimum Gasteiger partial charge on any atom is -0.493 e. The van der Waals surface area contributed by atoms with Crippen molar-refractivity contribution in [2.45, 2.75) is 20.0 Å². The molecule has 17 heavy (non-hydrogen) atoms. The van der Waals surface area contributed by atoms with Gasteiger partial charge in [-0.3, -0.25) is 0 Å². The van der Waals surface area contributed by atoms with E-state index in [2.05, 4.69) is 15.9 Å². The van der Waals surface area contributed by atoms with Gasteiger partial charge in [-0.25, -0.2) is 0 Å². The molecule has 0 aliphatic rings. The van der Waals surface area contributed by atoms with E-state index in [9.17, 15) is 5.11 Å². The number of ether oxygens (including phenoxy) is 2. The first-order valence-corrected chi connectivity index (χ1v) is 6.24. The monoisotopic (exact) mass is 300 g/mol. The highest BCUT2D eigenvalue weighted by Crippen LogP contribution is 2.36. The van der Waals surface area contributed by atoms with Crippen LogP contribution in [0.2, 0.25) is 0 Å². The maximum absolute atomic E-state index is 9.19. The van der Waals surface area contributed by atoms with Gasteiger partial charge in [0.1, 0.15) is 0 Å². The molecule has 1 atom stereocenters. The van der Waals surface area contributed by atoms with E-state index in [0.717, 1.165) is 10.0 Å². The van der Waals surface area contributed by atoms with Gasteiger partial charge < -0.3 is 14.6 Å². The third-order valence-corrected chi connectivity index (χ3v) is 2.70. The van der Waals surface area contributed by atoms with Gasteiger partial charge >= 0.3 is 0 Å². The average Bonchev–Trinajstić information content (AvgIpc) is 2.29. The molecule has 0 aliphatic heterocycles. The van der Waals surface area contributed by atoms with Crippen LogP contribution in [0.3, 0.4) is 0 Å². The first-order valence-electron chi connectivity index (χ1n) is 5.45. The van der Waals surface area contributed by atoms with Crippen molar-refractivity contribution < 1.29 is 14.6 Å². The summed E-state index contributed by atoms with van der Waals surface area (Å²) in [5, 5.41) is 9.19. The number of methoxy groups -OCH3 is 1. The van der Waals surface area contributed by atoms with Gasteiger partial charge in [-0.1, -0.05) is 12.2 Å². The fourth-order valence-electron chi connectivity index (χ4n) is 1.37. The van der Waals surface area contributed by atoms with Crippen molar-refractivity contribution in [3.8, 4) is 11.5 Å². The summed E-state index contributed by atoms with van der Waals surface area (Å²) >= 11 is 3.45. The van der Waals surface area contributed by atoms with Crippen molar-refractivity contribution in [2.75, 3.05) is 13.7 Å². The van der Waals surface area contributed by atoms with Gasteiger partial charge in [0.2, 0.25) is 0 Å². The van der Waals surface area contributed by atoms with E-state index in [1.807, 2.05) is 25.1 Å². The zero-order chi connectivity index (χ0) is 12.8. The predicted molar refractivity (Wildman–Crippen MR) is 72.6 cm³/mol. The third-order valence-electron chi connectivity index (χ3n) is 2.11. The quantitative estimate of drug-likeness (QED) is 0.907. The number of aliphatic hydroxyl groups is 1. The van der Waals surface area contributed by atoms with Crippen LogP contribution in [0.4, 0.5) is 0 Å². The van der Waals surface area contributed by atoms with E-state index in [4.69, 9.17) is 9.47 Å². The first-order chi connectivity index (χ1) is 8.08. The van der Waals surface area contributed by atoms with E-state index in [0.29, 0.717) is 18.1 Å². The van der Waals surface area contributed by atoms with Crippen molar-refractivity contribution in [2.24, 2.45) is 0 Å². The summed E-state index contributed by atoms with van der Waals surface area (Å²) in [6.45, 7) is 4.21. The smallest absolute Gasteiger partial charge is 0.175 e. The Labute approximate surface area is 110 Å². The lowest BCUT2D eigenvalue weighted by Crippen LogP contribution is -1.97. The standard InChI is InChI=1S/C13H17BrO3/c1-4-17-13-11(14)7-10(6-5-9(2)15)8-12(13)16-3/h5-9,15H,4H2,1-3H3/b6-5+. The largest absolute Gasteiger partial charge is 0.493 e. The van der Waals surface area contributed by atoms with Crippen LogP contribution in [-0.2, 0) is 0 Å². The minimum atomic E-state index is -0.466. The zero-order valence-corrected chi connectivity index (χ0v) is 11.8. The van der Waals surface area contributed by atoms with Crippen LogP contribution >= 0.6 is 15.9 Å². The molecule has 0 aromatic heterocycles. The van der Waals surface area contributed by atoms with Crippen molar-refractivity contribution in [1.82, 2.24) is 0 Å². The molecule has 1 aromatic rings. The Morgan fingerprint density at radius 2 is 2.18 bits per heavy atom. The molecule has 0 saturated carbocycles. The molecule has 0 radical (unpaired) electrons. The highest BCUT2D eigenvalue weighted by Gasteiger charge is 2.10. The van der Waals surface area contributed by atoms with E-state index in [1.54, 1.807) is 20.1 Å². The fourth-order valence-corrected chi connectivity index (χ4v) is 1.94. The molecule has 0 bridgehead atoms. The summed E-state index contributed by atoms with van der Waals surface area (Å²) in [5.74, 6) is 1.37. The molecule has 3 nitrogen and oxygen atoms in total. The topological polar surface area (TPSA) is 38.7 Å². The summed E-state index contributed by atoms with van der Waals surface area (Å²) in [4.78, 5) is 0. The molecular formula is C13H17BrO3. The van der Waals surface area contributed by atoms with Gasteiger partial charge in [0.25, 0.3) is 0 Å². The lowest BCUT2D eigenvalue weighted by Gasteiger charge is -2.12. The second kappa shape index (κ2) is 6.67. The molecule has 0 spiro atoms. The molecule has 0 saturated heterocycles. The van der Waals surface area contributed by atoms with Gasteiger partial charge in [0.05, 0.1) is 24.3 Å². The van der Waals surface area contributed by atoms with E-state index in [-0.39, 0.29) is 0 Å². The van der Waals surface area contributed by atoms with Crippen LogP contribution in [0.1, 0.15) is 19.4 Å².